The van der Waals surface area contributed by atoms with Gasteiger partial charge in [-0.3, -0.25) is 0 Å². The van der Waals surface area contributed by atoms with Gasteiger partial charge in [0.1, 0.15) is 0 Å². The summed E-state index contributed by atoms with van der Waals surface area (Å²) >= 11 is 0. The third-order valence-corrected chi connectivity index (χ3v) is 4.36. The van der Waals surface area contributed by atoms with Crippen molar-refractivity contribution in [2.45, 2.75) is 31.7 Å². The minimum Gasteiger partial charge on any atom is -0.388 e. The van der Waals surface area contributed by atoms with Crippen LogP contribution in [-0.4, -0.2) is 5.11 Å². The van der Waals surface area contributed by atoms with E-state index >= 15 is 0 Å². The highest BCUT2D eigenvalue weighted by Crippen LogP contribution is 2.43. The molecular weight excluding hydrogens is 236 g/mol. The van der Waals surface area contributed by atoms with E-state index in [-0.39, 0.29) is 5.92 Å². The molecule has 2 aromatic carbocycles. The minimum absolute atomic E-state index is 0.247. The smallest absolute Gasteiger partial charge is 0.0861 e. The topological polar surface area (TPSA) is 29.5 Å². The largest absolute Gasteiger partial charge is 0.388 e. The van der Waals surface area contributed by atoms with E-state index in [2.05, 4.69) is 30.3 Å². The van der Waals surface area contributed by atoms with Crippen LogP contribution in [0.25, 0.3) is 0 Å². The summed E-state index contributed by atoms with van der Waals surface area (Å²) in [6.07, 6.45) is 0.575. The van der Waals surface area contributed by atoms with Crippen molar-refractivity contribution in [1.29, 1.82) is 0 Å². The van der Waals surface area contributed by atoms with Crippen molar-refractivity contribution in [3.05, 3.63) is 70.3 Å². The van der Waals surface area contributed by atoms with Gasteiger partial charge >= 0.3 is 0 Å². The van der Waals surface area contributed by atoms with Crippen LogP contribution in [0.3, 0.4) is 0 Å². The third kappa shape index (κ3) is 1.71. The zero-order valence-electron chi connectivity index (χ0n) is 10.7. The van der Waals surface area contributed by atoms with Crippen LogP contribution in [0.4, 0.5) is 0 Å². The van der Waals surface area contributed by atoms with E-state index in [0.29, 0.717) is 13.2 Å². The molecule has 2 heteroatoms. The molecule has 2 unspecified atom stereocenters. The van der Waals surface area contributed by atoms with Crippen LogP contribution in [0.1, 0.15) is 39.8 Å². The normalized spacial score (nSPS) is 21.4. The number of aliphatic hydroxyl groups excluding tert-OH is 1. The third-order valence-electron chi connectivity index (χ3n) is 4.36. The number of rotatable bonds is 2. The molecular formula is C17H16O2. The van der Waals surface area contributed by atoms with Crippen LogP contribution in [-0.2, 0) is 24.4 Å². The standard InChI is InChI=1S/C17H16O2/c18-17(16-8-11-3-1-2-4-15(11)16)12-5-6-13-9-19-10-14(13)7-12/h1-7,16-18H,8-10H2. The molecule has 0 aromatic heterocycles. The minimum atomic E-state index is -0.402. The Morgan fingerprint density at radius 2 is 1.84 bits per heavy atom. The van der Waals surface area contributed by atoms with Crippen molar-refractivity contribution in [3.8, 4) is 0 Å². The Hall–Kier alpha value is -1.64. The van der Waals surface area contributed by atoms with Crippen LogP contribution in [0.15, 0.2) is 42.5 Å². The maximum Gasteiger partial charge on any atom is 0.0861 e. The highest BCUT2D eigenvalue weighted by Gasteiger charge is 2.32. The Bertz CT molecular complexity index is 633. The van der Waals surface area contributed by atoms with E-state index in [0.717, 1.165) is 12.0 Å². The molecule has 2 aliphatic rings. The molecule has 2 nitrogen and oxygen atoms in total. The Balaban J connectivity index is 1.64. The van der Waals surface area contributed by atoms with Crippen molar-refractivity contribution in [2.24, 2.45) is 0 Å². The lowest BCUT2D eigenvalue weighted by atomic mass is 9.73. The Morgan fingerprint density at radius 3 is 2.74 bits per heavy atom. The molecule has 0 saturated heterocycles. The fourth-order valence-electron chi connectivity index (χ4n) is 3.19. The van der Waals surface area contributed by atoms with Crippen LogP contribution < -0.4 is 0 Å². The van der Waals surface area contributed by atoms with E-state index in [1.165, 1.54) is 22.3 Å². The number of fused-ring (bicyclic) bond motifs is 2. The summed E-state index contributed by atoms with van der Waals surface area (Å²) in [6.45, 7) is 1.38. The highest BCUT2D eigenvalue weighted by atomic mass is 16.5. The van der Waals surface area contributed by atoms with Crippen LogP contribution in [0.2, 0.25) is 0 Å². The molecule has 0 saturated carbocycles. The average Bonchev–Trinajstić information content (AvgIpc) is 2.87. The summed E-state index contributed by atoms with van der Waals surface area (Å²) in [5.74, 6) is 0.247. The summed E-state index contributed by atoms with van der Waals surface area (Å²) in [5.41, 5.74) is 6.17. The molecule has 19 heavy (non-hydrogen) atoms. The molecule has 4 rings (SSSR count). The maximum absolute atomic E-state index is 10.6. The van der Waals surface area contributed by atoms with Crippen molar-refractivity contribution >= 4 is 0 Å². The zero-order valence-corrected chi connectivity index (χ0v) is 10.7. The Morgan fingerprint density at radius 1 is 1.00 bits per heavy atom. The molecule has 1 heterocycles. The molecule has 1 aliphatic heterocycles. The van der Waals surface area contributed by atoms with E-state index in [1.54, 1.807) is 0 Å². The van der Waals surface area contributed by atoms with Crippen molar-refractivity contribution in [2.75, 3.05) is 0 Å². The summed E-state index contributed by atoms with van der Waals surface area (Å²) in [6, 6.07) is 14.6. The zero-order chi connectivity index (χ0) is 12.8. The van der Waals surface area contributed by atoms with E-state index in [9.17, 15) is 5.11 Å². The van der Waals surface area contributed by atoms with Crippen LogP contribution >= 0.6 is 0 Å². The summed E-state index contributed by atoms with van der Waals surface area (Å²) in [7, 11) is 0. The van der Waals surface area contributed by atoms with Gasteiger partial charge in [-0.15, -0.1) is 0 Å². The fraction of sp³-hybridized carbons (Fsp3) is 0.294. The van der Waals surface area contributed by atoms with E-state index < -0.39 is 6.10 Å². The second kappa shape index (κ2) is 4.19. The highest BCUT2D eigenvalue weighted by molar-refractivity contribution is 5.43. The lowest BCUT2D eigenvalue weighted by Crippen LogP contribution is -2.23. The van der Waals surface area contributed by atoms with Gasteiger partial charge in [0.2, 0.25) is 0 Å². The summed E-state index contributed by atoms with van der Waals surface area (Å²) in [5, 5.41) is 10.6. The van der Waals surface area contributed by atoms with Crippen LogP contribution in [0, 0.1) is 0 Å². The van der Waals surface area contributed by atoms with Gasteiger partial charge in [0, 0.05) is 5.92 Å². The van der Waals surface area contributed by atoms with Crippen molar-refractivity contribution in [3.63, 3.8) is 0 Å². The lowest BCUT2D eigenvalue weighted by molar-refractivity contribution is 0.132. The molecule has 96 valence electrons. The van der Waals surface area contributed by atoms with Gasteiger partial charge in [-0.2, -0.15) is 0 Å². The number of aliphatic hydroxyl groups is 1. The predicted molar refractivity (Wildman–Crippen MR) is 72.8 cm³/mol. The molecule has 0 bridgehead atoms. The quantitative estimate of drug-likeness (QED) is 0.890. The monoisotopic (exact) mass is 252 g/mol. The Labute approximate surface area is 112 Å². The molecule has 2 atom stereocenters. The molecule has 0 fully saturated rings. The van der Waals surface area contributed by atoms with Crippen molar-refractivity contribution < 1.29 is 9.84 Å². The van der Waals surface area contributed by atoms with Gasteiger partial charge in [-0.05, 0) is 34.2 Å². The summed E-state index contributed by atoms with van der Waals surface area (Å²) < 4.78 is 5.43. The lowest BCUT2D eigenvalue weighted by Gasteiger charge is -2.34. The number of ether oxygens (including phenoxy) is 1. The molecule has 1 N–H and O–H groups in total. The second-order valence-electron chi connectivity index (χ2n) is 5.48. The van der Waals surface area contributed by atoms with Gasteiger partial charge in [-0.1, -0.05) is 42.5 Å². The first-order valence-electron chi connectivity index (χ1n) is 6.78. The van der Waals surface area contributed by atoms with Gasteiger partial charge in [0.05, 0.1) is 19.3 Å². The number of benzene rings is 2. The summed E-state index contributed by atoms with van der Waals surface area (Å²) in [4.78, 5) is 0. The molecule has 0 spiro atoms. The van der Waals surface area contributed by atoms with Crippen molar-refractivity contribution in [1.82, 2.24) is 0 Å². The van der Waals surface area contributed by atoms with E-state index in [1.807, 2.05) is 12.1 Å². The van der Waals surface area contributed by atoms with E-state index in [4.69, 9.17) is 4.74 Å². The number of hydrogen-bond donors (Lipinski definition) is 1. The Kier molecular flexibility index (Phi) is 2.47. The van der Waals surface area contributed by atoms with Gasteiger partial charge in [-0.25, -0.2) is 0 Å². The molecule has 1 aliphatic carbocycles. The predicted octanol–water partition coefficient (Wildman–Crippen LogP) is 3.09. The van der Waals surface area contributed by atoms with Crippen LogP contribution in [0.5, 0.6) is 0 Å². The average molecular weight is 252 g/mol. The first-order valence-corrected chi connectivity index (χ1v) is 6.78. The molecule has 2 aromatic rings. The molecule has 0 amide bonds. The SMILES string of the molecule is OC(c1ccc2c(c1)COC2)C1Cc2ccccc21. The number of hydrogen-bond acceptors (Lipinski definition) is 2. The first-order chi connectivity index (χ1) is 9.33. The second-order valence-corrected chi connectivity index (χ2v) is 5.48. The molecule has 0 radical (unpaired) electrons. The van der Waals surface area contributed by atoms with Gasteiger partial charge < -0.3 is 9.84 Å². The fourth-order valence-corrected chi connectivity index (χ4v) is 3.19. The van der Waals surface area contributed by atoms with Gasteiger partial charge in [0.15, 0.2) is 0 Å². The maximum atomic E-state index is 10.6. The van der Waals surface area contributed by atoms with Gasteiger partial charge in [0.25, 0.3) is 0 Å². The first kappa shape index (κ1) is 11.2.